The molecule has 6 nitrogen and oxygen atoms in total. The Bertz CT molecular complexity index is 840. The molecule has 1 saturated heterocycles. The normalized spacial score (nSPS) is 15.5. The molecule has 0 unspecified atom stereocenters. The Morgan fingerprint density at radius 1 is 1.12 bits per heavy atom. The maximum atomic E-state index is 6.04. The van der Waals surface area contributed by atoms with Crippen LogP contribution < -0.4 is 16.0 Å². The van der Waals surface area contributed by atoms with Crippen molar-refractivity contribution in [3.63, 3.8) is 0 Å². The average molecular weight is 343 g/mol. The number of fused-ring (bicyclic) bond motifs is 1. The van der Waals surface area contributed by atoms with Crippen molar-refractivity contribution in [3.8, 4) is 0 Å². The molecule has 7 heteroatoms. The van der Waals surface area contributed by atoms with E-state index in [4.69, 9.17) is 11.6 Å². The van der Waals surface area contributed by atoms with Gasteiger partial charge in [0.05, 0.1) is 5.39 Å². The minimum Gasteiger partial charge on any atom is -0.367 e. The molecule has 4 N–H and O–H groups in total. The van der Waals surface area contributed by atoms with E-state index in [-0.39, 0.29) is 0 Å². The molecule has 0 radical (unpaired) electrons. The maximum absolute atomic E-state index is 6.04. The quantitative estimate of drug-likeness (QED) is 0.583. The molecule has 0 amide bonds. The molecule has 0 bridgehead atoms. The van der Waals surface area contributed by atoms with Crippen molar-refractivity contribution in [2.24, 2.45) is 0 Å². The zero-order valence-electron chi connectivity index (χ0n) is 13.1. The summed E-state index contributed by atoms with van der Waals surface area (Å²) < 4.78 is 0. The van der Waals surface area contributed by atoms with Crippen LogP contribution >= 0.6 is 11.6 Å². The van der Waals surface area contributed by atoms with Gasteiger partial charge in [-0.25, -0.2) is 0 Å². The van der Waals surface area contributed by atoms with Crippen LogP contribution in [0.15, 0.2) is 36.5 Å². The fourth-order valence-corrected chi connectivity index (χ4v) is 3.15. The first kappa shape index (κ1) is 15.2. The molecule has 1 aliphatic rings. The Kier molecular flexibility index (Phi) is 4.23. The third-order valence-corrected chi connectivity index (χ3v) is 4.41. The molecule has 0 aliphatic carbocycles. The lowest BCUT2D eigenvalue weighted by Gasteiger charge is -2.24. The Morgan fingerprint density at radius 3 is 2.83 bits per heavy atom. The zero-order valence-corrected chi connectivity index (χ0v) is 13.9. The Labute approximate surface area is 145 Å². The zero-order chi connectivity index (χ0) is 16.4. The second-order valence-corrected chi connectivity index (χ2v) is 6.38. The lowest BCUT2D eigenvalue weighted by Crippen LogP contribution is -2.35. The second kappa shape index (κ2) is 6.67. The molecule has 1 aromatic carbocycles. The molecular weight excluding hydrogens is 324 g/mol. The van der Waals surface area contributed by atoms with E-state index in [0.29, 0.717) is 17.0 Å². The highest BCUT2D eigenvalue weighted by Gasteiger charge is 2.16. The molecule has 0 atom stereocenters. The monoisotopic (exact) mass is 342 g/mol. The van der Waals surface area contributed by atoms with Crippen molar-refractivity contribution >= 4 is 40.1 Å². The van der Waals surface area contributed by atoms with Crippen molar-refractivity contribution in [1.29, 1.82) is 0 Å². The first-order chi connectivity index (χ1) is 11.8. The number of halogens is 1. The van der Waals surface area contributed by atoms with E-state index in [9.17, 15) is 0 Å². The van der Waals surface area contributed by atoms with Gasteiger partial charge in [0.2, 0.25) is 5.95 Å². The van der Waals surface area contributed by atoms with E-state index in [2.05, 4.69) is 30.9 Å². The van der Waals surface area contributed by atoms with Gasteiger partial charge < -0.3 is 20.9 Å². The van der Waals surface area contributed by atoms with Gasteiger partial charge in [0.1, 0.15) is 11.5 Å². The summed E-state index contributed by atoms with van der Waals surface area (Å²) in [5.74, 6) is 1.40. The highest BCUT2D eigenvalue weighted by Crippen LogP contribution is 2.25. The predicted octanol–water partition coefficient (Wildman–Crippen LogP) is 3.52. The van der Waals surface area contributed by atoms with Crippen LogP contribution in [0.2, 0.25) is 5.02 Å². The molecule has 1 fully saturated rings. The lowest BCUT2D eigenvalue weighted by molar-refractivity contribution is 0.478. The van der Waals surface area contributed by atoms with E-state index in [1.165, 1.54) is 0 Å². The number of hydrogen-bond acceptors (Lipinski definition) is 5. The molecule has 3 aromatic rings. The molecule has 124 valence electrons. The summed E-state index contributed by atoms with van der Waals surface area (Å²) in [5.41, 5.74) is 1.67. The van der Waals surface area contributed by atoms with Crippen LogP contribution in [0, 0.1) is 0 Å². The summed E-state index contributed by atoms with van der Waals surface area (Å²) in [6.07, 6.45) is 4.07. The highest BCUT2D eigenvalue weighted by atomic mass is 35.5. The number of aromatic nitrogens is 3. The number of rotatable bonds is 4. The number of H-pyrrole nitrogens is 1. The van der Waals surface area contributed by atoms with E-state index in [0.717, 1.165) is 48.5 Å². The Balaban J connectivity index is 1.64. The minimum absolute atomic E-state index is 0.429. The SMILES string of the molecule is Clc1cccc(Nc2nc(NC3CCNCC3)c3cc[nH]c3n2)c1. The molecule has 2 aromatic heterocycles. The van der Waals surface area contributed by atoms with Crippen LogP contribution in [0.5, 0.6) is 0 Å². The molecule has 24 heavy (non-hydrogen) atoms. The van der Waals surface area contributed by atoms with Crippen LogP contribution in [0.1, 0.15) is 12.8 Å². The maximum Gasteiger partial charge on any atom is 0.231 e. The standard InChI is InChI=1S/C17H19ClN6/c18-11-2-1-3-13(10-11)22-17-23-15-14(6-9-20-15)16(24-17)21-12-4-7-19-8-5-12/h1-3,6,9-10,12,19H,4-5,7-8H2,(H3,20,21,22,23,24). The molecule has 3 heterocycles. The van der Waals surface area contributed by atoms with Gasteiger partial charge in [-0.1, -0.05) is 17.7 Å². The van der Waals surface area contributed by atoms with Crippen LogP contribution in [-0.4, -0.2) is 34.1 Å². The van der Waals surface area contributed by atoms with E-state index >= 15 is 0 Å². The first-order valence-electron chi connectivity index (χ1n) is 8.13. The summed E-state index contributed by atoms with van der Waals surface area (Å²) in [7, 11) is 0. The van der Waals surface area contributed by atoms with Gasteiger partial charge in [-0.3, -0.25) is 0 Å². The van der Waals surface area contributed by atoms with Crippen molar-refractivity contribution in [3.05, 3.63) is 41.6 Å². The Hall–Kier alpha value is -2.31. The summed E-state index contributed by atoms with van der Waals surface area (Å²) in [4.78, 5) is 12.4. The van der Waals surface area contributed by atoms with Crippen molar-refractivity contribution < 1.29 is 0 Å². The van der Waals surface area contributed by atoms with Gasteiger partial charge in [0.25, 0.3) is 0 Å². The fraction of sp³-hybridized carbons (Fsp3) is 0.294. The van der Waals surface area contributed by atoms with Gasteiger partial charge in [-0.05, 0) is 50.2 Å². The minimum atomic E-state index is 0.429. The van der Waals surface area contributed by atoms with Crippen molar-refractivity contribution in [2.75, 3.05) is 23.7 Å². The van der Waals surface area contributed by atoms with Crippen LogP contribution in [0.25, 0.3) is 11.0 Å². The first-order valence-corrected chi connectivity index (χ1v) is 8.51. The molecule has 4 rings (SSSR count). The third kappa shape index (κ3) is 3.29. The van der Waals surface area contributed by atoms with Crippen LogP contribution in [0.4, 0.5) is 17.5 Å². The van der Waals surface area contributed by atoms with Gasteiger partial charge in [0.15, 0.2) is 0 Å². The topological polar surface area (TPSA) is 77.7 Å². The van der Waals surface area contributed by atoms with Gasteiger partial charge in [-0.15, -0.1) is 0 Å². The van der Waals surface area contributed by atoms with E-state index in [1.807, 2.05) is 36.5 Å². The fourth-order valence-electron chi connectivity index (χ4n) is 2.96. The number of piperidine rings is 1. The molecule has 0 spiro atoms. The molecular formula is C17H19ClN6. The smallest absolute Gasteiger partial charge is 0.231 e. The average Bonchev–Trinajstić information content (AvgIpc) is 3.05. The predicted molar refractivity (Wildman–Crippen MR) is 98.1 cm³/mol. The summed E-state index contributed by atoms with van der Waals surface area (Å²) in [5, 5.41) is 11.9. The molecule has 0 saturated carbocycles. The van der Waals surface area contributed by atoms with Crippen LogP contribution in [0.3, 0.4) is 0 Å². The number of nitrogens with one attached hydrogen (secondary N) is 4. The summed E-state index contributed by atoms with van der Waals surface area (Å²) in [6, 6.07) is 9.95. The van der Waals surface area contributed by atoms with Crippen molar-refractivity contribution in [2.45, 2.75) is 18.9 Å². The summed E-state index contributed by atoms with van der Waals surface area (Å²) >= 11 is 6.04. The Morgan fingerprint density at radius 2 is 2.00 bits per heavy atom. The molecule has 1 aliphatic heterocycles. The summed E-state index contributed by atoms with van der Waals surface area (Å²) in [6.45, 7) is 2.07. The number of benzene rings is 1. The number of nitrogens with zero attached hydrogens (tertiary/aromatic N) is 2. The van der Waals surface area contributed by atoms with E-state index < -0.39 is 0 Å². The third-order valence-electron chi connectivity index (χ3n) is 4.18. The number of hydrogen-bond donors (Lipinski definition) is 4. The number of anilines is 3. The lowest BCUT2D eigenvalue weighted by atomic mass is 10.1. The van der Waals surface area contributed by atoms with Gasteiger partial charge >= 0.3 is 0 Å². The van der Waals surface area contributed by atoms with Crippen LogP contribution in [-0.2, 0) is 0 Å². The van der Waals surface area contributed by atoms with Gasteiger partial charge in [-0.2, -0.15) is 9.97 Å². The second-order valence-electron chi connectivity index (χ2n) is 5.94. The highest BCUT2D eigenvalue weighted by molar-refractivity contribution is 6.30. The van der Waals surface area contributed by atoms with Gasteiger partial charge in [0, 0.05) is 22.9 Å². The van der Waals surface area contributed by atoms with E-state index in [1.54, 1.807) is 0 Å². The van der Waals surface area contributed by atoms with Crippen molar-refractivity contribution in [1.82, 2.24) is 20.3 Å². The number of aromatic amines is 1. The largest absolute Gasteiger partial charge is 0.367 e.